The molecular weight excluding hydrogens is 302 g/mol. The summed E-state index contributed by atoms with van der Waals surface area (Å²) >= 11 is 0. The Morgan fingerprint density at radius 2 is 1.83 bits per heavy atom. The third-order valence-corrected chi connectivity index (χ3v) is 3.76. The molecule has 1 aromatic heterocycles. The number of rotatable bonds is 9. The minimum absolute atomic E-state index is 0.301. The van der Waals surface area contributed by atoms with Crippen LogP contribution in [0.3, 0.4) is 0 Å². The molecule has 2 rings (SSSR count). The maximum Gasteiger partial charge on any atom is 0.159 e. The highest BCUT2D eigenvalue weighted by atomic mass is 16.5. The monoisotopic (exact) mass is 329 g/mol. The summed E-state index contributed by atoms with van der Waals surface area (Å²) in [4.78, 5) is 8.45. The molecule has 4 N–H and O–H groups in total. The number of ether oxygens (including phenoxy) is 1. The van der Waals surface area contributed by atoms with Gasteiger partial charge in [-0.15, -0.1) is 0 Å². The maximum absolute atomic E-state index is 6.17. The van der Waals surface area contributed by atoms with E-state index in [1.54, 1.807) is 0 Å². The number of nitrogens with zero attached hydrogens (tertiary/aromatic N) is 2. The van der Waals surface area contributed by atoms with Gasteiger partial charge in [0, 0.05) is 11.7 Å². The second-order valence-corrected chi connectivity index (χ2v) is 5.79. The van der Waals surface area contributed by atoms with E-state index in [0.717, 1.165) is 37.3 Å². The molecule has 1 aromatic carbocycles. The van der Waals surface area contributed by atoms with Gasteiger partial charge in [-0.2, -0.15) is 0 Å². The fraction of sp³-hybridized carbons (Fsp3) is 0.444. The van der Waals surface area contributed by atoms with Crippen molar-refractivity contribution in [2.24, 2.45) is 0 Å². The lowest BCUT2D eigenvalue weighted by Crippen LogP contribution is -2.16. The minimum Gasteiger partial charge on any atom is -0.494 e. The van der Waals surface area contributed by atoms with Crippen LogP contribution in [0.15, 0.2) is 30.6 Å². The van der Waals surface area contributed by atoms with Crippen LogP contribution in [0.1, 0.15) is 40.0 Å². The summed E-state index contributed by atoms with van der Waals surface area (Å²) in [6.07, 6.45) is 4.68. The molecule has 2 aromatic rings. The van der Waals surface area contributed by atoms with Gasteiger partial charge in [0.15, 0.2) is 11.6 Å². The van der Waals surface area contributed by atoms with Gasteiger partial charge >= 0.3 is 0 Å². The molecule has 1 heterocycles. The van der Waals surface area contributed by atoms with Crippen molar-refractivity contribution in [1.82, 2.24) is 9.97 Å². The van der Waals surface area contributed by atoms with Crippen LogP contribution in [-0.2, 0) is 0 Å². The van der Waals surface area contributed by atoms with E-state index >= 15 is 0 Å². The molecule has 0 saturated heterocycles. The summed E-state index contributed by atoms with van der Waals surface area (Å²) in [5.74, 6) is 2.11. The van der Waals surface area contributed by atoms with Crippen molar-refractivity contribution >= 4 is 23.0 Å². The predicted octanol–water partition coefficient (Wildman–Crippen LogP) is 4.19. The second kappa shape index (κ2) is 8.96. The lowest BCUT2D eigenvalue weighted by atomic mass is 10.2. The Labute approximate surface area is 143 Å². The Bertz CT molecular complexity index is 630. The van der Waals surface area contributed by atoms with E-state index in [-0.39, 0.29) is 0 Å². The molecule has 0 bridgehead atoms. The molecule has 0 radical (unpaired) electrons. The number of hydrogen-bond acceptors (Lipinski definition) is 6. The van der Waals surface area contributed by atoms with Crippen LogP contribution in [0.25, 0.3) is 0 Å². The van der Waals surface area contributed by atoms with Gasteiger partial charge in [-0.1, -0.05) is 20.3 Å². The standard InChI is InChI=1S/C18H27N5O/c1-4-6-11-24-15-9-7-14(8-10-15)23-18-16(19)17(20-12-21-18)22-13(3)5-2/h7-10,12-13H,4-6,11,19H2,1-3H3,(H2,20,21,22,23). The fourth-order valence-electron chi connectivity index (χ4n) is 2.05. The zero-order valence-corrected chi connectivity index (χ0v) is 14.7. The number of nitrogens with one attached hydrogen (secondary N) is 2. The first kappa shape index (κ1) is 17.8. The topological polar surface area (TPSA) is 85.1 Å². The lowest BCUT2D eigenvalue weighted by molar-refractivity contribution is 0.309. The Morgan fingerprint density at radius 1 is 1.12 bits per heavy atom. The first-order chi connectivity index (χ1) is 11.6. The number of benzene rings is 1. The zero-order chi connectivity index (χ0) is 17.4. The number of nitrogen functional groups attached to an aromatic ring is 1. The summed E-state index contributed by atoms with van der Waals surface area (Å²) in [5.41, 5.74) is 7.59. The van der Waals surface area contributed by atoms with Crippen LogP contribution in [0.2, 0.25) is 0 Å². The number of unbranched alkanes of at least 4 members (excludes halogenated alkanes) is 1. The Hall–Kier alpha value is -2.50. The molecule has 6 nitrogen and oxygen atoms in total. The van der Waals surface area contributed by atoms with Crippen molar-refractivity contribution in [2.75, 3.05) is 23.0 Å². The molecule has 1 atom stereocenters. The SMILES string of the molecule is CCCCOc1ccc(Nc2ncnc(NC(C)CC)c2N)cc1. The molecule has 0 fully saturated rings. The maximum atomic E-state index is 6.17. The Morgan fingerprint density at radius 3 is 2.50 bits per heavy atom. The molecular formula is C18H27N5O. The molecule has 130 valence electrons. The van der Waals surface area contributed by atoms with Gasteiger partial charge in [-0.25, -0.2) is 9.97 Å². The Kier molecular flexibility index (Phi) is 6.66. The molecule has 1 unspecified atom stereocenters. The van der Waals surface area contributed by atoms with Crippen LogP contribution in [0.4, 0.5) is 23.0 Å². The van der Waals surface area contributed by atoms with Crippen LogP contribution in [0, 0.1) is 0 Å². The smallest absolute Gasteiger partial charge is 0.159 e. The lowest BCUT2D eigenvalue weighted by Gasteiger charge is -2.16. The van der Waals surface area contributed by atoms with Crippen molar-refractivity contribution in [1.29, 1.82) is 0 Å². The van der Waals surface area contributed by atoms with Crippen molar-refractivity contribution in [3.05, 3.63) is 30.6 Å². The van der Waals surface area contributed by atoms with E-state index in [2.05, 4.69) is 41.4 Å². The number of hydrogen-bond donors (Lipinski definition) is 3. The van der Waals surface area contributed by atoms with E-state index in [4.69, 9.17) is 10.5 Å². The van der Waals surface area contributed by atoms with Crippen LogP contribution >= 0.6 is 0 Å². The zero-order valence-electron chi connectivity index (χ0n) is 14.7. The molecule has 0 aliphatic heterocycles. The van der Waals surface area contributed by atoms with Gasteiger partial charge in [0.05, 0.1) is 6.61 Å². The average Bonchev–Trinajstić information content (AvgIpc) is 2.60. The predicted molar refractivity (Wildman–Crippen MR) is 99.9 cm³/mol. The first-order valence-electron chi connectivity index (χ1n) is 8.50. The summed E-state index contributed by atoms with van der Waals surface area (Å²) in [6, 6.07) is 8.07. The van der Waals surface area contributed by atoms with Crippen molar-refractivity contribution < 1.29 is 4.74 Å². The normalized spacial score (nSPS) is 11.8. The van der Waals surface area contributed by atoms with Gasteiger partial charge in [-0.3, -0.25) is 0 Å². The molecule has 0 amide bonds. The van der Waals surface area contributed by atoms with Gasteiger partial charge in [0.2, 0.25) is 0 Å². The highest BCUT2D eigenvalue weighted by Gasteiger charge is 2.10. The fourth-order valence-corrected chi connectivity index (χ4v) is 2.05. The highest BCUT2D eigenvalue weighted by molar-refractivity contribution is 5.77. The van der Waals surface area contributed by atoms with E-state index in [9.17, 15) is 0 Å². The van der Waals surface area contributed by atoms with E-state index in [1.165, 1.54) is 6.33 Å². The second-order valence-electron chi connectivity index (χ2n) is 5.79. The third kappa shape index (κ3) is 5.01. The van der Waals surface area contributed by atoms with Gasteiger partial charge in [0.25, 0.3) is 0 Å². The molecule has 0 saturated carbocycles. The van der Waals surface area contributed by atoms with E-state index in [0.29, 0.717) is 23.4 Å². The van der Waals surface area contributed by atoms with E-state index < -0.39 is 0 Å². The van der Waals surface area contributed by atoms with E-state index in [1.807, 2.05) is 24.3 Å². The summed E-state index contributed by atoms with van der Waals surface area (Å²) < 4.78 is 5.66. The quantitative estimate of drug-likeness (QED) is 0.598. The van der Waals surface area contributed by atoms with Crippen molar-refractivity contribution in [2.45, 2.75) is 46.1 Å². The van der Waals surface area contributed by atoms with Crippen LogP contribution in [0.5, 0.6) is 5.75 Å². The van der Waals surface area contributed by atoms with Gasteiger partial charge in [0.1, 0.15) is 17.8 Å². The van der Waals surface area contributed by atoms with Gasteiger partial charge in [-0.05, 0) is 44.0 Å². The largest absolute Gasteiger partial charge is 0.494 e. The summed E-state index contributed by atoms with van der Waals surface area (Å²) in [6.45, 7) is 7.09. The molecule has 0 aliphatic carbocycles. The summed E-state index contributed by atoms with van der Waals surface area (Å²) in [7, 11) is 0. The molecule has 0 aliphatic rings. The van der Waals surface area contributed by atoms with Crippen molar-refractivity contribution in [3.63, 3.8) is 0 Å². The highest BCUT2D eigenvalue weighted by Crippen LogP contribution is 2.27. The number of nitrogens with two attached hydrogens (primary N) is 1. The average molecular weight is 329 g/mol. The first-order valence-corrected chi connectivity index (χ1v) is 8.50. The van der Waals surface area contributed by atoms with Crippen LogP contribution < -0.4 is 21.1 Å². The van der Waals surface area contributed by atoms with Gasteiger partial charge < -0.3 is 21.1 Å². The van der Waals surface area contributed by atoms with Crippen molar-refractivity contribution in [3.8, 4) is 5.75 Å². The third-order valence-electron chi connectivity index (χ3n) is 3.76. The Balaban J connectivity index is 2.04. The number of aromatic nitrogens is 2. The molecule has 6 heteroatoms. The summed E-state index contributed by atoms with van der Waals surface area (Å²) in [5, 5.41) is 6.51. The van der Waals surface area contributed by atoms with Crippen LogP contribution in [-0.4, -0.2) is 22.6 Å². The molecule has 0 spiro atoms. The minimum atomic E-state index is 0.301. The number of anilines is 4. The molecule has 24 heavy (non-hydrogen) atoms.